The molecule has 5 nitrogen and oxygen atoms in total. The van der Waals surface area contributed by atoms with E-state index in [0.29, 0.717) is 5.02 Å². The molecule has 0 aromatic heterocycles. The smallest absolute Gasteiger partial charge is 0.255 e. The quantitative estimate of drug-likeness (QED) is 0.220. The fourth-order valence-electron chi connectivity index (χ4n) is 4.16. The summed E-state index contributed by atoms with van der Waals surface area (Å²) >= 11 is 6.50. The first-order chi connectivity index (χ1) is 16.0. The zero-order valence-corrected chi connectivity index (χ0v) is 18.6. The van der Waals surface area contributed by atoms with Crippen LogP contribution in [0.4, 0.5) is 0 Å². The van der Waals surface area contributed by atoms with Gasteiger partial charge in [-0.15, -0.1) is 0 Å². The van der Waals surface area contributed by atoms with Crippen LogP contribution in [0.2, 0.25) is 5.02 Å². The zero-order chi connectivity index (χ0) is 23.4. The van der Waals surface area contributed by atoms with E-state index >= 15 is 0 Å². The lowest BCUT2D eigenvalue weighted by Gasteiger charge is -2.28. The molecule has 0 heterocycles. The number of phenols is 1. The van der Waals surface area contributed by atoms with Gasteiger partial charge in [0.1, 0.15) is 5.75 Å². The Morgan fingerprint density at radius 2 is 1.61 bits per heavy atom. The molecule has 5 N–H and O–H groups in total. The average molecular weight is 458 g/mol. The number of hydrogen-bond donors (Lipinski definition) is 4. The molecule has 4 rings (SSSR count). The van der Waals surface area contributed by atoms with Gasteiger partial charge in [-0.3, -0.25) is 10.2 Å². The molecular weight excluding hydrogens is 434 g/mol. The largest absolute Gasteiger partial charge is 0.507 e. The number of nitrogens with two attached hydrogens (primary N) is 1. The number of benzene rings is 4. The van der Waals surface area contributed by atoms with Crippen LogP contribution < -0.4 is 11.1 Å². The van der Waals surface area contributed by atoms with Gasteiger partial charge in [-0.05, 0) is 40.1 Å². The highest BCUT2D eigenvalue weighted by Gasteiger charge is 2.30. The highest BCUT2D eigenvalue weighted by atomic mass is 35.5. The average Bonchev–Trinajstić information content (AvgIpc) is 2.82. The van der Waals surface area contributed by atoms with Crippen molar-refractivity contribution < 1.29 is 9.90 Å². The van der Waals surface area contributed by atoms with Gasteiger partial charge in [0.15, 0.2) is 0 Å². The first kappa shape index (κ1) is 22.4. The molecule has 2 atom stereocenters. The number of fused-ring (bicyclic) bond motifs is 1. The summed E-state index contributed by atoms with van der Waals surface area (Å²) < 4.78 is 0. The van der Waals surface area contributed by atoms with Crippen LogP contribution in [-0.4, -0.2) is 23.4 Å². The van der Waals surface area contributed by atoms with Crippen LogP contribution in [0.25, 0.3) is 10.8 Å². The minimum absolute atomic E-state index is 0.0435. The third-order valence-corrected chi connectivity index (χ3v) is 6.15. The van der Waals surface area contributed by atoms with Gasteiger partial charge in [-0.25, -0.2) is 0 Å². The van der Waals surface area contributed by atoms with Crippen LogP contribution in [0.5, 0.6) is 5.75 Å². The molecule has 166 valence electrons. The molecular formula is C27H24ClN3O2. The lowest BCUT2D eigenvalue weighted by Crippen LogP contribution is -2.35. The molecule has 1 amide bonds. The van der Waals surface area contributed by atoms with E-state index in [0.717, 1.165) is 21.9 Å². The van der Waals surface area contributed by atoms with Crippen molar-refractivity contribution in [2.45, 2.75) is 11.8 Å². The summed E-state index contributed by atoms with van der Waals surface area (Å²) in [5.41, 5.74) is 7.94. The number of carbonyl (C=O) groups is 1. The van der Waals surface area contributed by atoms with Crippen molar-refractivity contribution in [3.63, 3.8) is 0 Å². The number of carbonyl (C=O) groups excluding carboxylic acids is 1. The Hall–Kier alpha value is -3.83. The molecule has 33 heavy (non-hydrogen) atoms. The van der Waals surface area contributed by atoms with Gasteiger partial charge in [0, 0.05) is 17.5 Å². The SMILES string of the molecule is N=C(N)C(c1ccccc1Cl)C(CNC(=O)c1ccccc1O)c1ccc2ccccc2c1. The van der Waals surface area contributed by atoms with Crippen molar-refractivity contribution in [1.29, 1.82) is 5.41 Å². The third kappa shape index (κ3) is 4.83. The van der Waals surface area contributed by atoms with Crippen molar-refractivity contribution in [2.75, 3.05) is 6.54 Å². The number of amides is 1. The Morgan fingerprint density at radius 3 is 2.33 bits per heavy atom. The van der Waals surface area contributed by atoms with E-state index in [4.69, 9.17) is 22.7 Å². The molecule has 4 aromatic rings. The van der Waals surface area contributed by atoms with E-state index in [-0.39, 0.29) is 29.6 Å². The number of hydrogen-bond acceptors (Lipinski definition) is 3. The predicted octanol–water partition coefficient (Wildman–Crippen LogP) is 5.43. The Bertz CT molecular complexity index is 1320. The maximum atomic E-state index is 12.8. The monoisotopic (exact) mass is 457 g/mol. The standard InChI is InChI=1S/C27H24ClN3O2/c28-23-11-5-3-9-20(23)25(26(29)30)22(16-31-27(33)21-10-4-6-12-24(21)32)19-14-13-17-7-1-2-8-18(17)15-19/h1-15,22,25,32H,16H2,(H3,29,30)(H,31,33). The molecule has 0 aliphatic carbocycles. The molecule has 6 heteroatoms. The number of halogens is 1. The summed E-state index contributed by atoms with van der Waals surface area (Å²) in [4.78, 5) is 12.8. The van der Waals surface area contributed by atoms with E-state index in [1.807, 2.05) is 54.6 Å². The van der Waals surface area contributed by atoms with Gasteiger partial charge in [-0.1, -0.05) is 84.4 Å². The van der Waals surface area contributed by atoms with Crippen LogP contribution in [0, 0.1) is 5.41 Å². The Balaban J connectivity index is 1.75. The number of aromatic hydroxyl groups is 1. The normalized spacial score (nSPS) is 12.8. The summed E-state index contributed by atoms with van der Waals surface area (Å²) in [7, 11) is 0. The highest BCUT2D eigenvalue weighted by molar-refractivity contribution is 6.31. The number of para-hydroxylation sites is 1. The van der Waals surface area contributed by atoms with E-state index in [9.17, 15) is 9.90 Å². The minimum Gasteiger partial charge on any atom is -0.507 e. The Labute approximate surface area is 197 Å². The van der Waals surface area contributed by atoms with Gasteiger partial charge in [0.2, 0.25) is 0 Å². The minimum atomic E-state index is -0.551. The van der Waals surface area contributed by atoms with Gasteiger partial charge in [0.25, 0.3) is 5.91 Å². The van der Waals surface area contributed by atoms with Crippen LogP contribution >= 0.6 is 11.6 Å². The maximum absolute atomic E-state index is 12.8. The van der Waals surface area contributed by atoms with Gasteiger partial charge in [0.05, 0.1) is 17.3 Å². The van der Waals surface area contributed by atoms with Crippen molar-refractivity contribution in [3.05, 3.63) is 113 Å². The summed E-state index contributed by atoms with van der Waals surface area (Å²) in [6.45, 7) is 0.195. The molecule has 0 aliphatic rings. The summed E-state index contributed by atoms with van der Waals surface area (Å²) in [5, 5.41) is 24.0. The second kappa shape index (κ2) is 9.76. The lowest BCUT2D eigenvalue weighted by atomic mass is 9.80. The Kier molecular flexibility index (Phi) is 6.61. The fourth-order valence-corrected chi connectivity index (χ4v) is 4.41. The number of phenolic OH excluding ortho intramolecular Hbond substituents is 1. The van der Waals surface area contributed by atoms with E-state index in [2.05, 4.69) is 11.4 Å². The Morgan fingerprint density at radius 1 is 0.939 bits per heavy atom. The van der Waals surface area contributed by atoms with Crippen LogP contribution in [0.3, 0.4) is 0 Å². The lowest BCUT2D eigenvalue weighted by molar-refractivity contribution is 0.0948. The van der Waals surface area contributed by atoms with Crippen molar-refractivity contribution in [1.82, 2.24) is 5.32 Å². The molecule has 2 unspecified atom stereocenters. The van der Waals surface area contributed by atoms with Crippen LogP contribution in [-0.2, 0) is 0 Å². The maximum Gasteiger partial charge on any atom is 0.255 e. The molecule has 0 saturated carbocycles. The molecule has 0 spiro atoms. The van der Waals surface area contributed by atoms with E-state index in [1.165, 1.54) is 6.07 Å². The first-order valence-corrected chi connectivity index (χ1v) is 11.0. The van der Waals surface area contributed by atoms with Crippen molar-refractivity contribution in [2.24, 2.45) is 5.73 Å². The summed E-state index contributed by atoms with van der Waals surface area (Å²) in [5.74, 6) is -1.45. The molecule has 0 saturated heterocycles. The zero-order valence-electron chi connectivity index (χ0n) is 17.8. The molecule has 0 bridgehead atoms. The highest BCUT2D eigenvalue weighted by Crippen LogP contribution is 2.37. The van der Waals surface area contributed by atoms with Crippen LogP contribution in [0.15, 0.2) is 91.0 Å². The van der Waals surface area contributed by atoms with Gasteiger partial charge in [-0.2, -0.15) is 0 Å². The fraction of sp³-hybridized carbons (Fsp3) is 0.111. The topological polar surface area (TPSA) is 99.2 Å². The van der Waals surface area contributed by atoms with Crippen molar-refractivity contribution in [3.8, 4) is 5.75 Å². The molecule has 0 aliphatic heterocycles. The van der Waals surface area contributed by atoms with E-state index in [1.54, 1.807) is 24.3 Å². The number of rotatable bonds is 7. The number of nitrogens with one attached hydrogen (secondary N) is 2. The van der Waals surface area contributed by atoms with Gasteiger partial charge >= 0.3 is 0 Å². The van der Waals surface area contributed by atoms with Crippen molar-refractivity contribution >= 4 is 34.1 Å². The summed E-state index contributed by atoms with van der Waals surface area (Å²) in [6.07, 6.45) is 0. The molecule has 0 fully saturated rings. The predicted molar refractivity (Wildman–Crippen MR) is 133 cm³/mol. The first-order valence-electron chi connectivity index (χ1n) is 10.6. The molecule has 0 radical (unpaired) electrons. The summed E-state index contributed by atoms with van der Waals surface area (Å²) in [6, 6.07) is 27.8. The molecule has 4 aromatic carbocycles. The second-order valence-electron chi connectivity index (χ2n) is 7.89. The second-order valence-corrected chi connectivity index (χ2v) is 8.30. The van der Waals surface area contributed by atoms with Crippen LogP contribution in [0.1, 0.15) is 33.3 Å². The third-order valence-electron chi connectivity index (χ3n) is 5.81. The number of amidine groups is 1. The van der Waals surface area contributed by atoms with E-state index < -0.39 is 11.8 Å². The van der Waals surface area contributed by atoms with Gasteiger partial charge < -0.3 is 16.2 Å².